The van der Waals surface area contributed by atoms with Crippen LogP contribution < -0.4 is 5.56 Å². The van der Waals surface area contributed by atoms with Crippen molar-refractivity contribution in [3.05, 3.63) is 51.9 Å². The lowest BCUT2D eigenvalue weighted by molar-refractivity contribution is 0.209. The van der Waals surface area contributed by atoms with Crippen LogP contribution in [0.25, 0.3) is 5.69 Å². The number of nitrogens with zero attached hydrogens (tertiary/aromatic N) is 3. The van der Waals surface area contributed by atoms with E-state index in [9.17, 15) is 4.79 Å². The van der Waals surface area contributed by atoms with Crippen LogP contribution in [0.2, 0.25) is 0 Å². The normalized spacial score (nSPS) is 18.4. The average Bonchev–Trinajstić information content (AvgIpc) is 3.12. The van der Waals surface area contributed by atoms with Crippen LogP contribution in [0.15, 0.2) is 35.1 Å². The van der Waals surface area contributed by atoms with Gasteiger partial charge in [0, 0.05) is 31.9 Å². The minimum Gasteiger partial charge on any atom is -0.396 e. The summed E-state index contributed by atoms with van der Waals surface area (Å²) in [6.07, 6.45) is 4.19. The van der Waals surface area contributed by atoms with Gasteiger partial charge in [-0.15, -0.1) is 0 Å². The predicted molar refractivity (Wildman–Crippen MR) is 95.5 cm³/mol. The van der Waals surface area contributed by atoms with E-state index < -0.39 is 0 Å². The Kier molecular flexibility index (Phi) is 5.21. The molecule has 1 saturated heterocycles. The van der Waals surface area contributed by atoms with Gasteiger partial charge in [0.25, 0.3) is 5.56 Å². The van der Waals surface area contributed by atoms with Gasteiger partial charge in [0.15, 0.2) is 0 Å². The van der Waals surface area contributed by atoms with Gasteiger partial charge in [0.1, 0.15) is 0 Å². The first-order chi connectivity index (χ1) is 11.6. The van der Waals surface area contributed by atoms with Crippen molar-refractivity contribution in [1.82, 2.24) is 14.3 Å². The third kappa shape index (κ3) is 3.19. The maximum atomic E-state index is 13.0. The van der Waals surface area contributed by atoms with Crippen molar-refractivity contribution < 1.29 is 5.11 Å². The summed E-state index contributed by atoms with van der Waals surface area (Å²) in [5, 5.41) is 9.08. The molecule has 2 aromatic rings. The molecule has 3 rings (SSSR count). The van der Waals surface area contributed by atoms with Crippen molar-refractivity contribution in [2.24, 2.45) is 7.05 Å². The summed E-state index contributed by atoms with van der Waals surface area (Å²) in [4.78, 5) is 15.4. The zero-order valence-electron chi connectivity index (χ0n) is 14.6. The van der Waals surface area contributed by atoms with Gasteiger partial charge in [0.2, 0.25) is 0 Å². The molecule has 1 unspecified atom stereocenters. The van der Waals surface area contributed by atoms with E-state index in [4.69, 9.17) is 5.11 Å². The van der Waals surface area contributed by atoms with Crippen molar-refractivity contribution in [2.75, 3.05) is 13.2 Å². The summed E-state index contributed by atoms with van der Waals surface area (Å²) >= 11 is 0. The Hall–Kier alpha value is -1.85. The second-order valence-electron chi connectivity index (χ2n) is 6.67. The van der Waals surface area contributed by atoms with Crippen LogP contribution in [0.5, 0.6) is 0 Å². The Morgan fingerprint density at radius 2 is 2.00 bits per heavy atom. The summed E-state index contributed by atoms with van der Waals surface area (Å²) in [5.41, 5.74) is 2.89. The fourth-order valence-electron chi connectivity index (χ4n) is 3.77. The van der Waals surface area contributed by atoms with Gasteiger partial charge in [-0.05, 0) is 51.3 Å². The molecule has 0 radical (unpaired) electrons. The first kappa shape index (κ1) is 17.0. The van der Waals surface area contributed by atoms with Crippen molar-refractivity contribution in [3.63, 3.8) is 0 Å². The maximum Gasteiger partial charge on any atom is 0.276 e. The Morgan fingerprint density at radius 3 is 2.71 bits per heavy atom. The Morgan fingerprint density at radius 1 is 1.25 bits per heavy atom. The number of rotatable bonds is 6. The molecule has 1 fully saturated rings. The minimum absolute atomic E-state index is 0.0778. The van der Waals surface area contributed by atoms with Crippen LogP contribution in [-0.2, 0) is 13.6 Å². The van der Waals surface area contributed by atoms with E-state index in [1.807, 2.05) is 49.0 Å². The van der Waals surface area contributed by atoms with Crippen molar-refractivity contribution >= 4 is 0 Å². The number of aliphatic hydroxyl groups is 1. The molecule has 1 atom stereocenters. The fourth-order valence-corrected chi connectivity index (χ4v) is 3.77. The van der Waals surface area contributed by atoms with Gasteiger partial charge in [-0.3, -0.25) is 14.4 Å². The van der Waals surface area contributed by atoms with Crippen LogP contribution >= 0.6 is 0 Å². The summed E-state index contributed by atoms with van der Waals surface area (Å²) in [6, 6.07) is 10.3. The van der Waals surface area contributed by atoms with Gasteiger partial charge in [-0.2, -0.15) is 0 Å². The Bertz CT molecular complexity index is 733. The summed E-state index contributed by atoms with van der Waals surface area (Å²) in [7, 11) is 1.94. The first-order valence-corrected chi connectivity index (χ1v) is 8.81. The molecule has 130 valence electrons. The summed E-state index contributed by atoms with van der Waals surface area (Å²) in [6.45, 7) is 4.01. The minimum atomic E-state index is 0.0778. The maximum absolute atomic E-state index is 13.0. The van der Waals surface area contributed by atoms with Crippen LogP contribution in [0.1, 0.15) is 36.9 Å². The second-order valence-corrected chi connectivity index (χ2v) is 6.67. The molecular formula is C19H27N3O2. The molecule has 0 aliphatic carbocycles. The summed E-state index contributed by atoms with van der Waals surface area (Å²) in [5.74, 6) is 0. The van der Waals surface area contributed by atoms with Gasteiger partial charge in [-0.1, -0.05) is 18.2 Å². The second kappa shape index (κ2) is 7.36. The topological polar surface area (TPSA) is 50.4 Å². The highest BCUT2D eigenvalue weighted by Gasteiger charge is 2.27. The van der Waals surface area contributed by atoms with E-state index in [1.165, 1.54) is 12.8 Å². The molecule has 5 nitrogen and oxygen atoms in total. The lowest BCUT2D eigenvalue weighted by Gasteiger charge is -2.23. The Labute approximate surface area is 143 Å². The van der Waals surface area contributed by atoms with Gasteiger partial charge in [-0.25, -0.2) is 4.68 Å². The number of likely N-dealkylation sites (tertiary alicyclic amines) is 1. The van der Waals surface area contributed by atoms with Crippen molar-refractivity contribution in [1.29, 1.82) is 0 Å². The number of benzene rings is 1. The number of para-hydroxylation sites is 1. The quantitative estimate of drug-likeness (QED) is 0.884. The standard InChI is InChI=1S/C19H27N3O2/c1-15-18(14-21-12-6-10-16(21)11-7-13-23)19(24)22(20(15)2)17-8-4-3-5-9-17/h3-5,8-9,16,23H,6-7,10-14H2,1-2H3. The fraction of sp³-hybridized carbons (Fsp3) is 0.526. The van der Waals surface area contributed by atoms with E-state index in [2.05, 4.69) is 4.90 Å². The average molecular weight is 329 g/mol. The number of aromatic nitrogens is 2. The first-order valence-electron chi connectivity index (χ1n) is 8.81. The van der Waals surface area contributed by atoms with E-state index in [1.54, 1.807) is 4.68 Å². The lowest BCUT2D eigenvalue weighted by atomic mass is 10.1. The molecular weight excluding hydrogens is 302 g/mol. The number of hydrogen-bond acceptors (Lipinski definition) is 3. The molecule has 5 heteroatoms. The number of aliphatic hydroxyl groups excluding tert-OH is 1. The largest absolute Gasteiger partial charge is 0.396 e. The molecule has 0 saturated carbocycles. The van der Waals surface area contributed by atoms with Gasteiger partial charge >= 0.3 is 0 Å². The SMILES string of the molecule is Cc1c(CN2CCCC2CCCO)c(=O)n(-c2ccccc2)n1C. The molecule has 0 amide bonds. The van der Waals surface area contributed by atoms with Gasteiger partial charge in [0.05, 0.1) is 11.3 Å². The number of hydrogen-bond donors (Lipinski definition) is 1. The molecule has 1 N–H and O–H groups in total. The Balaban J connectivity index is 1.88. The molecule has 1 aromatic carbocycles. The molecule has 0 bridgehead atoms. The summed E-state index contributed by atoms with van der Waals surface area (Å²) < 4.78 is 3.70. The molecule has 1 aliphatic heterocycles. The highest BCUT2D eigenvalue weighted by atomic mass is 16.3. The third-order valence-electron chi connectivity index (χ3n) is 5.23. The van der Waals surface area contributed by atoms with Crippen LogP contribution in [0.4, 0.5) is 0 Å². The zero-order valence-corrected chi connectivity index (χ0v) is 14.6. The lowest BCUT2D eigenvalue weighted by Crippen LogP contribution is -2.31. The van der Waals surface area contributed by atoms with Crippen LogP contribution in [0, 0.1) is 6.92 Å². The van der Waals surface area contributed by atoms with Gasteiger partial charge < -0.3 is 5.11 Å². The van der Waals surface area contributed by atoms with Crippen molar-refractivity contribution in [2.45, 2.75) is 45.2 Å². The molecule has 2 heterocycles. The molecule has 24 heavy (non-hydrogen) atoms. The van der Waals surface area contributed by atoms with Crippen LogP contribution in [0.3, 0.4) is 0 Å². The van der Waals surface area contributed by atoms with E-state index in [0.29, 0.717) is 12.6 Å². The predicted octanol–water partition coefficient (Wildman–Crippen LogP) is 2.22. The van der Waals surface area contributed by atoms with Crippen molar-refractivity contribution in [3.8, 4) is 5.69 Å². The highest BCUT2D eigenvalue weighted by Crippen LogP contribution is 2.24. The monoisotopic (exact) mass is 329 g/mol. The van der Waals surface area contributed by atoms with E-state index >= 15 is 0 Å². The van der Waals surface area contributed by atoms with E-state index in [-0.39, 0.29) is 12.2 Å². The van der Waals surface area contributed by atoms with E-state index in [0.717, 1.165) is 36.3 Å². The molecule has 1 aliphatic rings. The smallest absolute Gasteiger partial charge is 0.276 e. The van der Waals surface area contributed by atoms with Crippen LogP contribution in [-0.4, -0.2) is 38.6 Å². The molecule has 0 spiro atoms. The highest BCUT2D eigenvalue weighted by molar-refractivity contribution is 5.33. The molecule has 1 aromatic heterocycles. The zero-order chi connectivity index (χ0) is 17.1. The third-order valence-corrected chi connectivity index (χ3v) is 5.23.